The van der Waals surface area contributed by atoms with Gasteiger partial charge in [0.1, 0.15) is 12.4 Å². The number of rotatable bonds is 6. The fourth-order valence-corrected chi connectivity index (χ4v) is 1.69. The van der Waals surface area contributed by atoms with Crippen LogP contribution < -0.4 is 24.8 Å². The van der Waals surface area contributed by atoms with Crippen LogP contribution in [0.4, 0.5) is 0 Å². The topological polar surface area (TPSA) is 64.1 Å². The summed E-state index contributed by atoms with van der Waals surface area (Å²) in [5.41, 5.74) is 0. The Kier molecular flexibility index (Phi) is 5.11. The van der Waals surface area contributed by atoms with Gasteiger partial charge in [0.05, 0.1) is 6.54 Å². The van der Waals surface area contributed by atoms with Gasteiger partial charge in [0.2, 0.25) is 6.79 Å². The van der Waals surface area contributed by atoms with Crippen molar-refractivity contribution in [2.45, 2.75) is 0 Å². The van der Waals surface area contributed by atoms with E-state index >= 15 is 0 Å². The fraction of sp³-hybridized carbons (Fsp3) is 0.357. The van der Waals surface area contributed by atoms with Crippen molar-refractivity contribution in [3.63, 3.8) is 0 Å². The molecule has 0 fully saturated rings. The summed E-state index contributed by atoms with van der Waals surface area (Å²) < 4.78 is 16.2. The maximum atomic E-state index is 5.63. The summed E-state index contributed by atoms with van der Waals surface area (Å²) in [6.45, 7) is 5.74. The van der Waals surface area contributed by atoms with E-state index in [9.17, 15) is 0 Å². The minimum absolute atomic E-state index is 0.269. The van der Waals surface area contributed by atoms with Gasteiger partial charge in [-0.3, -0.25) is 4.99 Å². The second kappa shape index (κ2) is 7.28. The second-order valence-electron chi connectivity index (χ2n) is 4.03. The van der Waals surface area contributed by atoms with E-state index in [0.717, 1.165) is 23.2 Å². The molecule has 0 saturated heterocycles. The first-order valence-corrected chi connectivity index (χ1v) is 6.41. The molecule has 0 amide bonds. The maximum absolute atomic E-state index is 5.63. The lowest BCUT2D eigenvalue weighted by Crippen LogP contribution is -2.39. The predicted molar refractivity (Wildman–Crippen MR) is 77.6 cm³/mol. The van der Waals surface area contributed by atoms with Crippen LogP contribution in [0.2, 0.25) is 0 Å². The van der Waals surface area contributed by atoms with Gasteiger partial charge in [-0.15, -0.1) is 6.58 Å². The van der Waals surface area contributed by atoms with Crippen molar-refractivity contribution < 1.29 is 14.2 Å². The number of fused-ring (bicyclic) bond motifs is 1. The van der Waals surface area contributed by atoms with Gasteiger partial charge in [0, 0.05) is 19.7 Å². The van der Waals surface area contributed by atoms with Crippen LogP contribution in [-0.2, 0) is 0 Å². The van der Waals surface area contributed by atoms with Crippen LogP contribution in [0.15, 0.2) is 35.8 Å². The van der Waals surface area contributed by atoms with Gasteiger partial charge < -0.3 is 24.8 Å². The van der Waals surface area contributed by atoms with Gasteiger partial charge in [0.15, 0.2) is 17.5 Å². The third kappa shape index (κ3) is 3.81. The predicted octanol–water partition coefficient (Wildman–Crippen LogP) is 1.15. The molecule has 0 bridgehead atoms. The van der Waals surface area contributed by atoms with Crippen LogP contribution in [0.3, 0.4) is 0 Å². The van der Waals surface area contributed by atoms with Crippen molar-refractivity contribution in [3.05, 3.63) is 30.9 Å². The van der Waals surface area contributed by atoms with E-state index in [1.165, 1.54) is 0 Å². The molecule has 6 heteroatoms. The van der Waals surface area contributed by atoms with Crippen LogP contribution in [0.1, 0.15) is 0 Å². The largest absolute Gasteiger partial charge is 0.492 e. The average molecular weight is 277 g/mol. The molecule has 2 N–H and O–H groups in total. The minimum Gasteiger partial charge on any atom is -0.492 e. The lowest BCUT2D eigenvalue weighted by molar-refractivity contribution is 0.173. The Balaban J connectivity index is 1.72. The molecule has 1 aliphatic heterocycles. The maximum Gasteiger partial charge on any atom is 0.231 e. The summed E-state index contributed by atoms with van der Waals surface area (Å²) in [7, 11) is 1.72. The molecular weight excluding hydrogens is 258 g/mol. The molecule has 20 heavy (non-hydrogen) atoms. The highest BCUT2D eigenvalue weighted by molar-refractivity contribution is 5.79. The highest BCUT2D eigenvalue weighted by atomic mass is 16.7. The van der Waals surface area contributed by atoms with Gasteiger partial charge in [-0.1, -0.05) is 6.08 Å². The van der Waals surface area contributed by atoms with E-state index in [1.54, 1.807) is 13.1 Å². The van der Waals surface area contributed by atoms with Crippen molar-refractivity contribution in [3.8, 4) is 17.2 Å². The van der Waals surface area contributed by atoms with E-state index in [0.29, 0.717) is 19.7 Å². The first-order chi connectivity index (χ1) is 9.83. The summed E-state index contributed by atoms with van der Waals surface area (Å²) in [5, 5.41) is 6.22. The highest BCUT2D eigenvalue weighted by Gasteiger charge is 2.13. The van der Waals surface area contributed by atoms with Crippen LogP contribution in [0.25, 0.3) is 0 Å². The molecule has 1 aromatic carbocycles. The van der Waals surface area contributed by atoms with E-state index in [4.69, 9.17) is 14.2 Å². The number of benzene rings is 1. The molecule has 2 rings (SSSR count). The van der Waals surface area contributed by atoms with Crippen molar-refractivity contribution in [2.24, 2.45) is 4.99 Å². The quantitative estimate of drug-likeness (QED) is 0.353. The smallest absolute Gasteiger partial charge is 0.231 e. The molecule has 0 spiro atoms. The number of nitrogens with one attached hydrogen (secondary N) is 2. The van der Waals surface area contributed by atoms with E-state index in [2.05, 4.69) is 22.2 Å². The zero-order valence-corrected chi connectivity index (χ0v) is 11.5. The Labute approximate surface area is 118 Å². The molecule has 1 heterocycles. The van der Waals surface area contributed by atoms with Crippen LogP contribution >= 0.6 is 0 Å². The molecule has 108 valence electrons. The summed E-state index contributed by atoms with van der Waals surface area (Å²) >= 11 is 0. The molecule has 1 aliphatic rings. The van der Waals surface area contributed by atoms with Crippen molar-refractivity contribution in [1.82, 2.24) is 10.6 Å². The molecule has 1 aromatic rings. The monoisotopic (exact) mass is 277 g/mol. The molecule has 0 atom stereocenters. The van der Waals surface area contributed by atoms with E-state index < -0.39 is 0 Å². The van der Waals surface area contributed by atoms with Gasteiger partial charge >= 0.3 is 0 Å². The first kappa shape index (κ1) is 14.0. The summed E-state index contributed by atoms with van der Waals surface area (Å²) in [6, 6.07) is 5.53. The number of hydrogen-bond acceptors (Lipinski definition) is 4. The summed E-state index contributed by atoms with van der Waals surface area (Å²) in [4.78, 5) is 4.07. The summed E-state index contributed by atoms with van der Waals surface area (Å²) in [5.74, 6) is 2.95. The zero-order chi connectivity index (χ0) is 14.2. The van der Waals surface area contributed by atoms with E-state index in [1.807, 2.05) is 18.2 Å². The molecule has 0 aliphatic carbocycles. The van der Waals surface area contributed by atoms with Crippen molar-refractivity contribution in [1.29, 1.82) is 0 Å². The van der Waals surface area contributed by atoms with Crippen LogP contribution in [0.5, 0.6) is 17.2 Å². The Morgan fingerprint density at radius 2 is 2.25 bits per heavy atom. The minimum atomic E-state index is 0.269. The van der Waals surface area contributed by atoms with Gasteiger partial charge in [-0.05, 0) is 12.1 Å². The zero-order valence-electron chi connectivity index (χ0n) is 11.5. The van der Waals surface area contributed by atoms with Gasteiger partial charge in [0.25, 0.3) is 0 Å². The van der Waals surface area contributed by atoms with Gasteiger partial charge in [-0.25, -0.2) is 0 Å². The SMILES string of the molecule is C=CCNC(=NC)NCCOc1ccc2c(c1)OCO2. The Morgan fingerprint density at radius 3 is 3.05 bits per heavy atom. The Bertz CT molecular complexity index is 489. The van der Waals surface area contributed by atoms with Crippen molar-refractivity contribution in [2.75, 3.05) is 33.5 Å². The third-order valence-electron chi connectivity index (χ3n) is 2.64. The standard InChI is InChI=1S/C14H19N3O3/c1-3-6-16-14(15-2)17-7-8-18-11-4-5-12-13(9-11)20-10-19-12/h3-5,9H,1,6-8,10H2,2H3,(H2,15,16,17). The highest BCUT2D eigenvalue weighted by Crippen LogP contribution is 2.34. The number of nitrogens with zero attached hydrogens (tertiary/aromatic N) is 1. The molecule has 0 saturated carbocycles. The summed E-state index contributed by atoms with van der Waals surface area (Å²) in [6.07, 6.45) is 1.77. The van der Waals surface area contributed by atoms with Crippen molar-refractivity contribution >= 4 is 5.96 Å². The van der Waals surface area contributed by atoms with Crippen LogP contribution in [0, 0.1) is 0 Å². The number of aliphatic imine (C=N–C) groups is 1. The van der Waals surface area contributed by atoms with E-state index in [-0.39, 0.29) is 6.79 Å². The average Bonchev–Trinajstić information content (AvgIpc) is 2.94. The van der Waals surface area contributed by atoms with Crippen LogP contribution in [-0.4, -0.2) is 39.5 Å². The molecule has 6 nitrogen and oxygen atoms in total. The Hall–Kier alpha value is -2.37. The normalized spacial score (nSPS) is 12.9. The molecule has 0 radical (unpaired) electrons. The molecular formula is C14H19N3O3. The lowest BCUT2D eigenvalue weighted by atomic mass is 10.3. The number of ether oxygens (including phenoxy) is 3. The Morgan fingerprint density at radius 1 is 1.40 bits per heavy atom. The number of guanidine groups is 1. The first-order valence-electron chi connectivity index (χ1n) is 6.41. The lowest BCUT2D eigenvalue weighted by Gasteiger charge is -2.11. The molecule has 0 unspecified atom stereocenters. The second-order valence-corrected chi connectivity index (χ2v) is 4.03. The fourth-order valence-electron chi connectivity index (χ4n) is 1.69. The third-order valence-corrected chi connectivity index (χ3v) is 2.64. The molecule has 0 aromatic heterocycles. The van der Waals surface area contributed by atoms with Gasteiger partial charge in [-0.2, -0.15) is 0 Å². The number of hydrogen-bond donors (Lipinski definition) is 2.